The maximum Gasteiger partial charge on any atom is 0.243 e. The summed E-state index contributed by atoms with van der Waals surface area (Å²) < 4.78 is 0. The van der Waals surface area contributed by atoms with E-state index in [4.69, 9.17) is 5.73 Å². The zero-order valence-electron chi connectivity index (χ0n) is 11.7. The van der Waals surface area contributed by atoms with Crippen LogP contribution in [0.1, 0.15) is 32.1 Å². The number of amides is 1. The van der Waals surface area contributed by atoms with Crippen LogP contribution in [0.2, 0.25) is 0 Å². The predicted octanol–water partition coefficient (Wildman–Crippen LogP) is 2.78. The van der Waals surface area contributed by atoms with Crippen LogP contribution >= 0.6 is 0 Å². The van der Waals surface area contributed by atoms with Crippen molar-refractivity contribution in [3.8, 4) is 0 Å². The average molecular weight is 270 g/mol. The summed E-state index contributed by atoms with van der Waals surface area (Å²) in [7, 11) is 0. The summed E-state index contributed by atoms with van der Waals surface area (Å²) in [5.74, 6) is 2.38. The van der Waals surface area contributed by atoms with Crippen molar-refractivity contribution in [2.24, 2.45) is 29.4 Å². The number of anilines is 1. The van der Waals surface area contributed by atoms with Crippen LogP contribution in [0, 0.1) is 23.7 Å². The van der Waals surface area contributed by atoms with Crippen LogP contribution in [0.15, 0.2) is 30.3 Å². The van der Waals surface area contributed by atoms with E-state index in [1.165, 1.54) is 32.1 Å². The highest BCUT2D eigenvalue weighted by molar-refractivity contribution is 5.89. The molecule has 4 aliphatic carbocycles. The predicted molar refractivity (Wildman–Crippen MR) is 79.0 cm³/mol. The van der Waals surface area contributed by atoms with Gasteiger partial charge in [0.15, 0.2) is 0 Å². The fourth-order valence-electron chi connectivity index (χ4n) is 5.36. The Morgan fingerprint density at radius 3 is 2.05 bits per heavy atom. The molecule has 4 fully saturated rings. The third-order valence-corrected chi connectivity index (χ3v) is 5.96. The molecule has 4 aliphatic rings. The maximum atomic E-state index is 12.4. The minimum atomic E-state index is -0.505. The van der Waals surface area contributed by atoms with E-state index in [0.29, 0.717) is 11.8 Å². The molecule has 0 spiro atoms. The Bertz CT molecular complexity index is 497. The molecule has 3 nitrogen and oxygen atoms in total. The molecule has 4 saturated carbocycles. The number of carbonyl (C=O) groups excluding carboxylic acids is 1. The second kappa shape index (κ2) is 4.24. The number of rotatable bonds is 3. The highest BCUT2D eigenvalue weighted by Crippen LogP contribution is 2.59. The Hall–Kier alpha value is -1.51. The molecule has 0 aromatic heterocycles. The van der Waals surface area contributed by atoms with E-state index in [1.54, 1.807) is 0 Å². The molecule has 1 amide bonds. The van der Waals surface area contributed by atoms with E-state index in [2.05, 4.69) is 5.32 Å². The molecule has 0 atom stereocenters. The van der Waals surface area contributed by atoms with Gasteiger partial charge in [-0.3, -0.25) is 4.79 Å². The van der Waals surface area contributed by atoms with E-state index in [1.807, 2.05) is 30.3 Å². The molecule has 0 radical (unpaired) electrons. The second-order valence-corrected chi connectivity index (χ2v) is 7.03. The van der Waals surface area contributed by atoms with Gasteiger partial charge in [-0.25, -0.2) is 0 Å². The van der Waals surface area contributed by atoms with Crippen LogP contribution in [0.4, 0.5) is 5.69 Å². The highest BCUT2D eigenvalue weighted by Gasteiger charge is 2.60. The molecule has 0 unspecified atom stereocenters. The zero-order chi connectivity index (χ0) is 13.7. The van der Waals surface area contributed by atoms with Gasteiger partial charge in [-0.2, -0.15) is 0 Å². The lowest BCUT2D eigenvalue weighted by Crippen LogP contribution is -2.67. The monoisotopic (exact) mass is 270 g/mol. The summed E-state index contributed by atoms with van der Waals surface area (Å²) in [6.07, 6.45) is 6.09. The molecule has 20 heavy (non-hydrogen) atoms. The van der Waals surface area contributed by atoms with Crippen molar-refractivity contribution in [2.45, 2.75) is 37.6 Å². The maximum absolute atomic E-state index is 12.4. The zero-order valence-corrected chi connectivity index (χ0v) is 11.7. The van der Waals surface area contributed by atoms with Gasteiger partial charge in [-0.05, 0) is 67.9 Å². The molecule has 106 valence electrons. The molecule has 0 saturated heterocycles. The van der Waals surface area contributed by atoms with E-state index < -0.39 is 5.54 Å². The quantitative estimate of drug-likeness (QED) is 0.887. The summed E-state index contributed by atoms with van der Waals surface area (Å²) >= 11 is 0. The largest absolute Gasteiger partial charge is 0.371 e. The average Bonchev–Trinajstić information content (AvgIpc) is 2.43. The normalized spacial score (nSPS) is 41.6. The minimum absolute atomic E-state index is 0.143. The van der Waals surface area contributed by atoms with Crippen molar-refractivity contribution in [3.63, 3.8) is 0 Å². The molecule has 3 N–H and O–H groups in total. The number of hydrogen-bond donors (Lipinski definition) is 2. The molecule has 0 aliphatic heterocycles. The topological polar surface area (TPSA) is 55.1 Å². The van der Waals surface area contributed by atoms with Crippen LogP contribution in [0.3, 0.4) is 0 Å². The van der Waals surface area contributed by atoms with Gasteiger partial charge < -0.3 is 11.1 Å². The lowest BCUT2D eigenvalue weighted by molar-refractivity contribution is -0.136. The van der Waals surface area contributed by atoms with Gasteiger partial charge in [0.2, 0.25) is 5.91 Å². The standard InChI is InChI=1S/C17H22N2O/c18-16(20)17(19-15-4-2-1-3-5-15)13-7-11-6-12(9-13)10-14(17)8-11/h1-5,11-14,19H,6-10H2,(H2,18,20). The van der Waals surface area contributed by atoms with Crippen LogP contribution in [-0.2, 0) is 4.79 Å². The molecule has 4 bridgehead atoms. The smallest absolute Gasteiger partial charge is 0.243 e. The third kappa shape index (κ3) is 1.62. The number of carbonyl (C=O) groups is 1. The minimum Gasteiger partial charge on any atom is -0.371 e. The van der Waals surface area contributed by atoms with Gasteiger partial charge >= 0.3 is 0 Å². The molecular weight excluding hydrogens is 248 g/mol. The van der Waals surface area contributed by atoms with E-state index in [9.17, 15) is 4.79 Å². The first-order valence-corrected chi connectivity index (χ1v) is 7.81. The van der Waals surface area contributed by atoms with Crippen molar-refractivity contribution in [1.82, 2.24) is 0 Å². The van der Waals surface area contributed by atoms with Crippen molar-refractivity contribution < 1.29 is 4.79 Å². The molecular formula is C17H22N2O. The Morgan fingerprint density at radius 2 is 1.55 bits per heavy atom. The van der Waals surface area contributed by atoms with Gasteiger partial charge in [0, 0.05) is 5.69 Å². The van der Waals surface area contributed by atoms with Gasteiger partial charge in [-0.1, -0.05) is 18.2 Å². The Morgan fingerprint density at radius 1 is 1.00 bits per heavy atom. The molecule has 1 aromatic rings. The summed E-state index contributed by atoms with van der Waals surface area (Å²) in [5.41, 5.74) is 6.42. The fourth-order valence-corrected chi connectivity index (χ4v) is 5.36. The summed E-state index contributed by atoms with van der Waals surface area (Å²) in [5, 5.41) is 3.56. The van der Waals surface area contributed by atoms with Crippen molar-refractivity contribution in [3.05, 3.63) is 30.3 Å². The molecule has 3 heteroatoms. The number of para-hydroxylation sites is 1. The van der Waals surface area contributed by atoms with Gasteiger partial charge in [0.1, 0.15) is 5.54 Å². The lowest BCUT2D eigenvalue weighted by atomic mass is 9.48. The number of nitrogens with two attached hydrogens (primary N) is 1. The first-order chi connectivity index (χ1) is 9.68. The Labute approximate surface area is 119 Å². The van der Waals surface area contributed by atoms with E-state index in [0.717, 1.165) is 17.5 Å². The van der Waals surface area contributed by atoms with Gasteiger partial charge in [0.25, 0.3) is 0 Å². The van der Waals surface area contributed by atoms with Gasteiger partial charge in [0.05, 0.1) is 0 Å². The van der Waals surface area contributed by atoms with E-state index in [-0.39, 0.29) is 5.91 Å². The first-order valence-electron chi connectivity index (χ1n) is 7.81. The molecule has 5 rings (SSSR count). The van der Waals surface area contributed by atoms with Crippen LogP contribution in [-0.4, -0.2) is 11.4 Å². The SMILES string of the molecule is NC(=O)C1(Nc2ccccc2)C2CC3CC(C2)CC1C3. The van der Waals surface area contributed by atoms with Crippen molar-refractivity contribution in [1.29, 1.82) is 0 Å². The lowest BCUT2D eigenvalue weighted by Gasteiger charge is -2.60. The van der Waals surface area contributed by atoms with E-state index >= 15 is 0 Å². The highest BCUT2D eigenvalue weighted by atomic mass is 16.1. The molecule has 0 heterocycles. The van der Waals surface area contributed by atoms with Crippen molar-refractivity contribution in [2.75, 3.05) is 5.32 Å². The summed E-state index contributed by atoms with van der Waals surface area (Å²) in [4.78, 5) is 12.4. The Kier molecular flexibility index (Phi) is 2.60. The number of benzene rings is 1. The number of nitrogens with one attached hydrogen (secondary N) is 1. The first kappa shape index (κ1) is 12.2. The van der Waals surface area contributed by atoms with Crippen molar-refractivity contribution >= 4 is 11.6 Å². The third-order valence-electron chi connectivity index (χ3n) is 5.96. The van der Waals surface area contributed by atoms with Crippen LogP contribution < -0.4 is 11.1 Å². The van der Waals surface area contributed by atoms with Crippen LogP contribution in [0.25, 0.3) is 0 Å². The number of primary amides is 1. The van der Waals surface area contributed by atoms with Gasteiger partial charge in [-0.15, -0.1) is 0 Å². The summed E-state index contributed by atoms with van der Waals surface area (Å²) in [6.45, 7) is 0. The fraction of sp³-hybridized carbons (Fsp3) is 0.588. The second-order valence-electron chi connectivity index (χ2n) is 7.03. The number of hydrogen-bond acceptors (Lipinski definition) is 2. The summed E-state index contributed by atoms with van der Waals surface area (Å²) in [6, 6.07) is 10.1. The van der Waals surface area contributed by atoms with Crippen LogP contribution in [0.5, 0.6) is 0 Å². The molecule has 1 aromatic carbocycles. The Balaban J connectivity index is 1.72.